The first-order valence-electron chi connectivity index (χ1n) is 6.63. The van der Waals surface area contributed by atoms with Crippen LogP contribution in [0.3, 0.4) is 0 Å². The monoisotopic (exact) mass is 243 g/mol. The van der Waals surface area contributed by atoms with Gasteiger partial charge in [0.05, 0.1) is 0 Å². The average Bonchev–Trinajstić information content (AvgIpc) is 2.98. The molecule has 3 rings (SSSR count). The Balaban J connectivity index is 1.89. The van der Waals surface area contributed by atoms with E-state index in [2.05, 4.69) is 11.1 Å². The summed E-state index contributed by atoms with van der Waals surface area (Å²) in [6, 6.07) is 4.20. The van der Waals surface area contributed by atoms with Crippen molar-refractivity contribution in [3.8, 4) is 11.9 Å². The van der Waals surface area contributed by atoms with Gasteiger partial charge in [-0.2, -0.15) is 5.26 Å². The summed E-state index contributed by atoms with van der Waals surface area (Å²) in [6.45, 7) is 0. The van der Waals surface area contributed by atoms with Gasteiger partial charge in [-0.1, -0.05) is 0 Å². The maximum absolute atomic E-state index is 9.19. The lowest BCUT2D eigenvalue weighted by Crippen LogP contribution is -2.34. The molecule has 4 nitrogen and oxygen atoms in total. The number of pyridine rings is 1. The summed E-state index contributed by atoms with van der Waals surface area (Å²) in [6.07, 6.45) is 6.22. The van der Waals surface area contributed by atoms with Crippen LogP contribution in [0.5, 0.6) is 5.88 Å². The molecule has 0 amide bonds. The van der Waals surface area contributed by atoms with Crippen LogP contribution >= 0.6 is 0 Å². The Bertz CT molecular complexity index is 506. The molecule has 0 saturated heterocycles. The first-order valence-corrected chi connectivity index (χ1v) is 6.63. The second kappa shape index (κ2) is 4.58. The third-order valence-electron chi connectivity index (χ3n) is 3.90. The van der Waals surface area contributed by atoms with Gasteiger partial charge in [-0.3, -0.25) is 0 Å². The summed E-state index contributed by atoms with van der Waals surface area (Å²) in [5, 5.41) is 9.19. The van der Waals surface area contributed by atoms with Gasteiger partial charge >= 0.3 is 0 Å². The smallest absolute Gasteiger partial charge is 0.232 e. The molecular weight excluding hydrogens is 226 g/mol. The van der Waals surface area contributed by atoms with Gasteiger partial charge in [0, 0.05) is 11.7 Å². The predicted molar refractivity (Wildman–Crippen MR) is 67.2 cm³/mol. The van der Waals surface area contributed by atoms with E-state index in [4.69, 9.17) is 10.5 Å². The van der Waals surface area contributed by atoms with Crippen molar-refractivity contribution < 1.29 is 4.74 Å². The predicted octanol–water partition coefficient (Wildman–Crippen LogP) is 1.70. The van der Waals surface area contributed by atoms with Crippen LogP contribution in [0.25, 0.3) is 0 Å². The molecule has 2 aliphatic rings. The van der Waals surface area contributed by atoms with E-state index >= 15 is 0 Å². The molecule has 2 N–H and O–H groups in total. The summed E-state index contributed by atoms with van der Waals surface area (Å²) >= 11 is 0. The zero-order chi connectivity index (χ0) is 12.5. The summed E-state index contributed by atoms with van der Waals surface area (Å²) in [7, 11) is 0. The van der Waals surface area contributed by atoms with Crippen molar-refractivity contribution in [1.82, 2.24) is 4.98 Å². The zero-order valence-corrected chi connectivity index (χ0v) is 10.4. The Morgan fingerprint density at radius 1 is 1.33 bits per heavy atom. The number of aryl methyl sites for hydroxylation is 2. The van der Waals surface area contributed by atoms with Gasteiger partial charge in [0.15, 0.2) is 0 Å². The molecule has 1 fully saturated rings. The van der Waals surface area contributed by atoms with Crippen molar-refractivity contribution in [2.45, 2.75) is 50.7 Å². The maximum Gasteiger partial charge on any atom is 0.232 e. The lowest BCUT2D eigenvalue weighted by atomic mass is 10.1. The third-order valence-corrected chi connectivity index (χ3v) is 3.90. The van der Waals surface area contributed by atoms with Crippen molar-refractivity contribution >= 4 is 0 Å². The van der Waals surface area contributed by atoms with Crippen LogP contribution in [-0.2, 0) is 12.8 Å². The van der Waals surface area contributed by atoms with Crippen molar-refractivity contribution in [2.75, 3.05) is 0 Å². The van der Waals surface area contributed by atoms with E-state index in [9.17, 15) is 5.26 Å². The Labute approximate surface area is 107 Å². The number of rotatable bonds is 2. The third kappa shape index (κ3) is 1.95. The van der Waals surface area contributed by atoms with Gasteiger partial charge in [-0.05, 0) is 50.2 Å². The highest BCUT2D eigenvalue weighted by molar-refractivity contribution is 5.44. The van der Waals surface area contributed by atoms with E-state index in [1.807, 2.05) is 6.07 Å². The summed E-state index contributed by atoms with van der Waals surface area (Å²) in [4.78, 5) is 4.52. The topological polar surface area (TPSA) is 71.9 Å². The number of hydrogen-bond donors (Lipinski definition) is 1. The van der Waals surface area contributed by atoms with Crippen LogP contribution in [0.1, 0.15) is 42.5 Å². The minimum Gasteiger partial charge on any atom is -0.472 e. The molecule has 1 heterocycles. The van der Waals surface area contributed by atoms with Crippen molar-refractivity contribution in [2.24, 2.45) is 5.73 Å². The van der Waals surface area contributed by atoms with E-state index in [0.29, 0.717) is 11.4 Å². The molecule has 0 spiro atoms. The number of nitrogens with zero attached hydrogens (tertiary/aromatic N) is 2. The number of nitrogens with two attached hydrogens (primary N) is 1. The first kappa shape index (κ1) is 11.5. The van der Waals surface area contributed by atoms with Crippen LogP contribution in [0.2, 0.25) is 0 Å². The van der Waals surface area contributed by atoms with Gasteiger partial charge in [0.25, 0.3) is 0 Å². The fourth-order valence-electron chi connectivity index (χ4n) is 2.87. The summed E-state index contributed by atoms with van der Waals surface area (Å²) in [5.41, 5.74) is 8.84. The van der Waals surface area contributed by atoms with Gasteiger partial charge < -0.3 is 10.5 Å². The first-order chi connectivity index (χ1) is 8.78. The largest absolute Gasteiger partial charge is 0.472 e. The Morgan fingerprint density at radius 3 is 2.94 bits per heavy atom. The Morgan fingerprint density at radius 2 is 2.22 bits per heavy atom. The minimum atomic E-state index is 0.0176. The van der Waals surface area contributed by atoms with E-state index in [-0.39, 0.29) is 12.1 Å². The highest BCUT2D eigenvalue weighted by Gasteiger charge is 2.27. The lowest BCUT2D eigenvalue weighted by Gasteiger charge is -2.18. The normalized spacial score (nSPS) is 25.8. The Kier molecular flexibility index (Phi) is 2.92. The summed E-state index contributed by atoms with van der Waals surface area (Å²) in [5.74, 6) is 0.487. The highest BCUT2D eigenvalue weighted by Crippen LogP contribution is 2.29. The SMILES string of the molecule is N#Cc1cc2c(nc1OC1CCCC1N)CCC2. The zero-order valence-electron chi connectivity index (χ0n) is 10.4. The molecule has 1 aromatic rings. The number of nitriles is 1. The standard InChI is InChI=1S/C14H17N3O/c15-8-10-7-9-3-1-5-12(9)17-14(10)18-13-6-2-4-11(13)16/h7,11,13H,1-6,16H2. The van der Waals surface area contributed by atoms with E-state index in [1.165, 1.54) is 5.56 Å². The van der Waals surface area contributed by atoms with Crippen LogP contribution in [0, 0.1) is 11.3 Å². The van der Waals surface area contributed by atoms with Crippen molar-refractivity contribution in [1.29, 1.82) is 5.26 Å². The summed E-state index contributed by atoms with van der Waals surface area (Å²) < 4.78 is 5.88. The van der Waals surface area contributed by atoms with Crippen molar-refractivity contribution in [3.05, 3.63) is 22.9 Å². The lowest BCUT2D eigenvalue weighted by molar-refractivity contribution is 0.183. The molecule has 0 radical (unpaired) electrons. The molecule has 4 heteroatoms. The molecular formula is C14H17N3O. The number of hydrogen-bond acceptors (Lipinski definition) is 4. The van der Waals surface area contributed by atoms with Crippen LogP contribution in [0.15, 0.2) is 6.07 Å². The fourth-order valence-corrected chi connectivity index (χ4v) is 2.87. The van der Waals surface area contributed by atoms with Gasteiger partial charge in [0.2, 0.25) is 5.88 Å². The molecule has 0 aromatic carbocycles. The van der Waals surface area contributed by atoms with Gasteiger partial charge in [-0.25, -0.2) is 4.98 Å². The maximum atomic E-state index is 9.19. The molecule has 1 saturated carbocycles. The average molecular weight is 243 g/mol. The molecule has 2 aliphatic carbocycles. The second-order valence-electron chi connectivity index (χ2n) is 5.16. The molecule has 1 aromatic heterocycles. The van der Waals surface area contributed by atoms with E-state index < -0.39 is 0 Å². The minimum absolute atomic E-state index is 0.0176. The molecule has 0 bridgehead atoms. The molecule has 18 heavy (non-hydrogen) atoms. The second-order valence-corrected chi connectivity index (χ2v) is 5.16. The van der Waals surface area contributed by atoms with Crippen LogP contribution < -0.4 is 10.5 Å². The highest BCUT2D eigenvalue weighted by atomic mass is 16.5. The quantitative estimate of drug-likeness (QED) is 0.858. The van der Waals surface area contributed by atoms with Crippen molar-refractivity contribution in [3.63, 3.8) is 0 Å². The van der Waals surface area contributed by atoms with E-state index in [0.717, 1.165) is 44.2 Å². The van der Waals surface area contributed by atoms with Crippen LogP contribution in [-0.4, -0.2) is 17.1 Å². The fraction of sp³-hybridized carbons (Fsp3) is 0.571. The van der Waals surface area contributed by atoms with Crippen LogP contribution in [0.4, 0.5) is 0 Å². The number of fused-ring (bicyclic) bond motifs is 1. The number of aromatic nitrogens is 1. The molecule has 2 atom stereocenters. The Hall–Kier alpha value is -1.60. The molecule has 0 aliphatic heterocycles. The molecule has 2 unspecified atom stereocenters. The molecule has 94 valence electrons. The van der Waals surface area contributed by atoms with Gasteiger partial charge in [-0.15, -0.1) is 0 Å². The number of ether oxygens (including phenoxy) is 1. The van der Waals surface area contributed by atoms with E-state index in [1.54, 1.807) is 0 Å². The van der Waals surface area contributed by atoms with Gasteiger partial charge in [0.1, 0.15) is 17.7 Å².